The van der Waals surface area contributed by atoms with Crippen LogP contribution in [0.5, 0.6) is 5.75 Å². The van der Waals surface area contributed by atoms with E-state index in [0.717, 1.165) is 30.9 Å². The van der Waals surface area contributed by atoms with Crippen LogP contribution >= 0.6 is 12.2 Å². The standard InChI is InChI=1S/C21H22N4OS/c1-26-20-9-5-8-19(14-20)24-15-22-25(21(24)27)16-23-12-10-18(11-13-23)17-6-3-2-4-7-17/h2-10,14-15H,11-13,16H2,1H3. The Bertz CT molecular complexity index is 1010. The van der Waals surface area contributed by atoms with Crippen molar-refractivity contribution in [1.82, 2.24) is 19.2 Å². The van der Waals surface area contributed by atoms with Crippen molar-refractivity contribution >= 4 is 17.8 Å². The van der Waals surface area contributed by atoms with Crippen molar-refractivity contribution in [2.24, 2.45) is 0 Å². The molecule has 0 saturated heterocycles. The monoisotopic (exact) mass is 378 g/mol. The number of methoxy groups -OCH3 is 1. The smallest absolute Gasteiger partial charge is 0.203 e. The summed E-state index contributed by atoms with van der Waals surface area (Å²) in [7, 11) is 1.66. The zero-order valence-electron chi connectivity index (χ0n) is 15.3. The van der Waals surface area contributed by atoms with E-state index in [0.29, 0.717) is 11.4 Å². The molecule has 3 aromatic rings. The van der Waals surface area contributed by atoms with Gasteiger partial charge in [-0.1, -0.05) is 42.5 Å². The SMILES string of the molecule is COc1cccc(-n2cnn(CN3CC=C(c4ccccc4)CC3)c2=S)c1. The molecule has 2 heterocycles. The van der Waals surface area contributed by atoms with Crippen molar-refractivity contribution < 1.29 is 4.74 Å². The second-order valence-electron chi connectivity index (χ2n) is 6.55. The molecule has 0 aliphatic carbocycles. The van der Waals surface area contributed by atoms with E-state index in [9.17, 15) is 0 Å². The molecule has 4 rings (SSSR count). The predicted octanol–water partition coefficient (Wildman–Crippen LogP) is 4.16. The molecule has 0 bridgehead atoms. The fraction of sp³-hybridized carbons (Fsp3) is 0.238. The van der Waals surface area contributed by atoms with Gasteiger partial charge in [-0.2, -0.15) is 5.10 Å². The lowest BCUT2D eigenvalue weighted by Gasteiger charge is -2.26. The summed E-state index contributed by atoms with van der Waals surface area (Å²) in [6.45, 7) is 2.58. The molecule has 0 saturated carbocycles. The molecule has 5 nitrogen and oxygen atoms in total. The van der Waals surface area contributed by atoms with Crippen molar-refractivity contribution in [3.63, 3.8) is 0 Å². The maximum absolute atomic E-state index is 5.64. The molecule has 0 N–H and O–H groups in total. The van der Waals surface area contributed by atoms with Crippen LogP contribution in [-0.2, 0) is 6.67 Å². The number of benzene rings is 2. The summed E-state index contributed by atoms with van der Waals surface area (Å²) in [4.78, 5) is 2.35. The molecule has 0 radical (unpaired) electrons. The molecule has 1 aromatic heterocycles. The topological polar surface area (TPSA) is 35.2 Å². The van der Waals surface area contributed by atoms with Gasteiger partial charge in [0.2, 0.25) is 4.77 Å². The van der Waals surface area contributed by atoms with Crippen molar-refractivity contribution in [1.29, 1.82) is 0 Å². The largest absolute Gasteiger partial charge is 0.497 e. The zero-order chi connectivity index (χ0) is 18.6. The van der Waals surface area contributed by atoms with E-state index in [4.69, 9.17) is 17.0 Å². The van der Waals surface area contributed by atoms with Crippen LogP contribution in [0.4, 0.5) is 0 Å². The van der Waals surface area contributed by atoms with Gasteiger partial charge < -0.3 is 4.74 Å². The highest BCUT2D eigenvalue weighted by Crippen LogP contribution is 2.22. The average Bonchev–Trinajstić information content (AvgIpc) is 3.09. The Balaban J connectivity index is 1.48. The van der Waals surface area contributed by atoms with Gasteiger partial charge in [0.15, 0.2) is 0 Å². The molecule has 1 aliphatic heterocycles. The van der Waals surface area contributed by atoms with Gasteiger partial charge in [-0.15, -0.1) is 0 Å². The van der Waals surface area contributed by atoms with E-state index in [1.165, 1.54) is 11.1 Å². The Labute approximate surface area is 164 Å². The fourth-order valence-electron chi connectivity index (χ4n) is 3.32. The Morgan fingerprint density at radius 3 is 2.70 bits per heavy atom. The highest BCUT2D eigenvalue weighted by molar-refractivity contribution is 7.71. The van der Waals surface area contributed by atoms with Crippen LogP contribution in [0.15, 0.2) is 67.0 Å². The Morgan fingerprint density at radius 2 is 1.96 bits per heavy atom. The number of aromatic nitrogens is 3. The summed E-state index contributed by atoms with van der Waals surface area (Å²) in [5, 5.41) is 4.49. The molecule has 1 aliphatic rings. The van der Waals surface area contributed by atoms with Gasteiger partial charge >= 0.3 is 0 Å². The molecule has 0 amide bonds. The molecule has 0 spiro atoms. The van der Waals surface area contributed by atoms with Crippen LogP contribution in [-0.4, -0.2) is 39.4 Å². The number of ether oxygens (including phenoxy) is 1. The Kier molecular flexibility index (Phi) is 5.18. The van der Waals surface area contributed by atoms with Crippen LogP contribution in [0.2, 0.25) is 0 Å². The van der Waals surface area contributed by atoms with E-state index in [1.54, 1.807) is 13.4 Å². The molecule has 0 unspecified atom stereocenters. The fourth-order valence-corrected chi connectivity index (χ4v) is 3.57. The van der Waals surface area contributed by atoms with E-state index in [-0.39, 0.29) is 0 Å². The van der Waals surface area contributed by atoms with Crippen LogP contribution in [0.25, 0.3) is 11.3 Å². The Morgan fingerprint density at radius 1 is 1.11 bits per heavy atom. The third kappa shape index (κ3) is 3.86. The lowest BCUT2D eigenvalue weighted by Crippen LogP contribution is -2.31. The van der Waals surface area contributed by atoms with Gasteiger partial charge in [0.25, 0.3) is 0 Å². The van der Waals surface area contributed by atoms with Crippen molar-refractivity contribution in [2.45, 2.75) is 13.1 Å². The van der Waals surface area contributed by atoms with Crippen molar-refractivity contribution in [3.05, 3.63) is 77.3 Å². The van der Waals surface area contributed by atoms with E-state index in [1.807, 2.05) is 33.5 Å². The van der Waals surface area contributed by atoms with Crippen LogP contribution < -0.4 is 4.74 Å². The molecule has 0 atom stereocenters. The molecular weight excluding hydrogens is 356 g/mol. The summed E-state index contributed by atoms with van der Waals surface area (Å²) in [6.07, 6.45) is 5.11. The Hall–Kier alpha value is -2.70. The first-order valence-electron chi connectivity index (χ1n) is 9.00. The minimum atomic E-state index is 0.682. The lowest BCUT2D eigenvalue weighted by molar-refractivity contribution is 0.226. The second-order valence-corrected chi connectivity index (χ2v) is 6.91. The summed E-state index contributed by atoms with van der Waals surface area (Å²) < 4.78 is 9.76. The highest BCUT2D eigenvalue weighted by atomic mass is 32.1. The summed E-state index contributed by atoms with van der Waals surface area (Å²) >= 11 is 5.64. The average molecular weight is 379 g/mol. The summed E-state index contributed by atoms with van der Waals surface area (Å²) in [5.74, 6) is 0.803. The van der Waals surface area contributed by atoms with Gasteiger partial charge in [0.05, 0.1) is 19.5 Å². The zero-order valence-corrected chi connectivity index (χ0v) is 16.1. The first kappa shape index (κ1) is 17.7. The third-order valence-corrected chi connectivity index (χ3v) is 5.24. The molecule has 6 heteroatoms. The number of hydrogen-bond acceptors (Lipinski definition) is 4. The van der Waals surface area contributed by atoms with E-state index < -0.39 is 0 Å². The van der Waals surface area contributed by atoms with Crippen molar-refractivity contribution in [3.8, 4) is 11.4 Å². The van der Waals surface area contributed by atoms with Gasteiger partial charge in [0, 0.05) is 19.2 Å². The lowest BCUT2D eigenvalue weighted by atomic mass is 10.00. The predicted molar refractivity (Wildman–Crippen MR) is 110 cm³/mol. The van der Waals surface area contributed by atoms with Crippen LogP contribution in [0.1, 0.15) is 12.0 Å². The maximum Gasteiger partial charge on any atom is 0.203 e. The quantitative estimate of drug-likeness (QED) is 0.625. The maximum atomic E-state index is 5.64. The molecule has 27 heavy (non-hydrogen) atoms. The second kappa shape index (κ2) is 7.90. The van der Waals surface area contributed by atoms with E-state index in [2.05, 4.69) is 46.4 Å². The third-order valence-electron chi connectivity index (χ3n) is 4.84. The van der Waals surface area contributed by atoms with Gasteiger partial charge in [-0.05, 0) is 41.9 Å². The van der Waals surface area contributed by atoms with Gasteiger partial charge in [-0.3, -0.25) is 9.47 Å². The molecular formula is C21H22N4OS. The minimum Gasteiger partial charge on any atom is -0.497 e. The molecule has 2 aromatic carbocycles. The van der Waals surface area contributed by atoms with Gasteiger partial charge in [-0.25, -0.2) is 4.68 Å². The normalized spacial score (nSPS) is 14.8. The van der Waals surface area contributed by atoms with Crippen LogP contribution in [0, 0.1) is 4.77 Å². The number of nitrogens with zero attached hydrogens (tertiary/aromatic N) is 4. The summed E-state index contributed by atoms with van der Waals surface area (Å²) in [5.41, 5.74) is 3.68. The van der Waals surface area contributed by atoms with Crippen LogP contribution in [0.3, 0.4) is 0 Å². The number of rotatable bonds is 5. The molecule has 0 fully saturated rings. The number of hydrogen-bond donors (Lipinski definition) is 0. The first-order valence-corrected chi connectivity index (χ1v) is 9.41. The van der Waals surface area contributed by atoms with Crippen molar-refractivity contribution in [2.75, 3.05) is 20.2 Å². The molecule has 138 valence electrons. The first-order chi connectivity index (χ1) is 13.2. The highest BCUT2D eigenvalue weighted by Gasteiger charge is 2.14. The summed E-state index contributed by atoms with van der Waals surface area (Å²) in [6, 6.07) is 18.4. The van der Waals surface area contributed by atoms with Gasteiger partial charge in [0.1, 0.15) is 12.1 Å². The van der Waals surface area contributed by atoms with E-state index >= 15 is 0 Å². The minimum absolute atomic E-state index is 0.682.